The maximum Gasteiger partial charge on any atom is 0.341 e. The number of carboxylic acid groups (broad SMARTS) is 1. The first-order valence-electron chi connectivity index (χ1n) is 5.02. The van der Waals surface area contributed by atoms with Crippen molar-refractivity contribution in [1.29, 1.82) is 0 Å². The fourth-order valence-corrected chi connectivity index (χ4v) is 1.41. The first-order valence-corrected chi connectivity index (χ1v) is 5.02. The molecule has 0 spiro atoms. The van der Waals surface area contributed by atoms with Crippen molar-refractivity contribution in [1.82, 2.24) is 9.47 Å². The van der Waals surface area contributed by atoms with Crippen molar-refractivity contribution in [2.45, 2.75) is 13.5 Å². The van der Waals surface area contributed by atoms with E-state index in [0.717, 1.165) is 5.69 Å². The van der Waals surface area contributed by atoms with Crippen molar-refractivity contribution in [3.63, 3.8) is 0 Å². The Kier molecular flexibility index (Phi) is 3.84. The number of nitrogens with zero attached hydrogens (tertiary/aromatic N) is 2. The average molecular weight is 224 g/mol. The number of pyridine rings is 1. The van der Waals surface area contributed by atoms with Crippen LogP contribution in [-0.4, -0.2) is 41.2 Å². The zero-order valence-corrected chi connectivity index (χ0v) is 9.73. The maximum absolute atomic E-state index is 11.8. The van der Waals surface area contributed by atoms with Crippen LogP contribution in [0.5, 0.6) is 0 Å². The molecule has 1 rings (SSSR count). The Labute approximate surface area is 93.9 Å². The predicted molar refractivity (Wildman–Crippen MR) is 61.0 cm³/mol. The quantitative estimate of drug-likeness (QED) is 0.805. The number of aromatic nitrogens is 1. The summed E-state index contributed by atoms with van der Waals surface area (Å²) in [5, 5.41) is 8.83. The highest BCUT2D eigenvalue weighted by Gasteiger charge is 2.11. The molecule has 5 nitrogen and oxygen atoms in total. The first-order chi connectivity index (χ1) is 7.43. The van der Waals surface area contributed by atoms with E-state index in [1.807, 2.05) is 19.0 Å². The molecule has 0 saturated carbocycles. The summed E-state index contributed by atoms with van der Waals surface area (Å²) in [6, 6.07) is 3.01. The van der Waals surface area contributed by atoms with Gasteiger partial charge in [0.05, 0.1) is 0 Å². The minimum atomic E-state index is -1.18. The molecule has 16 heavy (non-hydrogen) atoms. The monoisotopic (exact) mass is 224 g/mol. The standard InChI is InChI=1S/C11H16N2O3/c1-8-4-5-9(11(15)16)10(14)13(8)7-6-12(2)3/h4-5H,6-7H2,1-3H3,(H,15,16). The van der Waals surface area contributed by atoms with Gasteiger partial charge in [-0.15, -0.1) is 0 Å². The molecule has 0 radical (unpaired) electrons. The van der Waals surface area contributed by atoms with Gasteiger partial charge in [-0.05, 0) is 33.2 Å². The molecule has 0 aliphatic heterocycles. The normalized spacial score (nSPS) is 10.8. The average Bonchev–Trinajstić information content (AvgIpc) is 2.16. The van der Waals surface area contributed by atoms with Crippen LogP contribution in [0.3, 0.4) is 0 Å². The lowest BCUT2D eigenvalue weighted by Crippen LogP contribution is -2.31. The molecule has 5 heteroatoms. The number of hydrogen-bond acceptors (Lipinski definition) is 3. The molecule has 0 unspecified atom stereocenters. The summed E-state index contributed by atoms with van der Waals surface area (Å²) >= 11 is 0. The number of carboxylic acids is 1. The first kappa shape index (κ1) is 12.4. The molecule has 1 N–H and O–H groups in total. The Morgan fingerprint density at radius 2 is 2.06 bits per heavy atom. The van der Waals surface area contributed by atoms with Crippen LogP contribution in [0.25, 0.3) is 0 Å². The summed E-state index contributed by atoms with van der Waals surface area (Å²) in [5.74, 6) is -1.18. The zero-order valence-electron chi connectivity index (χ0n) is 9.73. The minimum absolute atomic E-state index is 0.177. The molecule has 1 heterocycles. The molecule has 1 aromatic heterocycles. The van der Waals surface area contributed by atoms with E-state index in [1.165, 1.54) is 10.6 Å². The van der Waals surface area contributed by atoms with E-state index in [2.05, 4.69) is 0 Å². The van der Waals surface area contributed by atoms with Crippen molar-refractivity contribution in [2.75, 3.05) is 20.6 Å². The molecule has 0 aromatic carbocycles. The van der Waals surface area contributed by atoms with Crippen molar-refractivity contribution in [3.05, 3.63) is 33.7 Å². The highest BCUT2D eigenvalue weighted by atomic mass is 16.4. The van der Waals surface area contributed by atoms with E-state index >= 15 is 0 Å². The minimum Gasteiger partial charge on any atom is -0.477 e. The Morgan fingerprint density at radius 1 is 1.44 bits per heavy atom. The maximum atomic E-state index is 11.8. The highest BCUT2D eigenvalue weighted by Crippen LogP contribution is 1.99. The molecule has 0 aliphatic rings. The van der Waals surface area contributed by atoms with E-state index in [4.69, 9.17) is 5.11 Å². The van der Waals surface area contributed by atoms with Crippen molar-refractivity contribution >= 4 is 5.97 Å². The van der Waals surface area contributed by atoms with Crippen LogP contribution in [0.4, 0.5) is 0 Å². The summed E-state index contributed by atoms with van der Waals surface area (Å²) in [4.78, 5) is 24.6. The van der Waals surface area contributed by atoms with Crippen LogP contribution in [0.15, 0.2) is 16.9 Å². The van der Waals surface area contributed by atoms with Gasteiger partial charge in [-0.3, -0.25) is 4.79 Å². The van der Waals surface area contributed by atoms with Gasteiger partial charge in [-0.25, -0.2) is 4.79 Å². The lowest BCUT2D eigenvalue weighted by Gasteiger charge is -2.14. The number of aromatic carboxylic acids is 1. The van der Waals surface area contributed by atoms with E-state index in [9.17, 15) is 9.59 Å². The van der Waals surface area contributed by atoms with Gasteiger partial charge in [-0.2, -0.15) is 0 Å². The number of hydrogen-bond donors (Lipinski definition) is 1. The summed E-state index contributed by atoms with van der Waals surface area (Å²) in [6.07, 6.45) is 0. The van der Waals surface area contributed by atoms with Crippen molar-refractivity contribution < 1.29 is 9.90 Å². The van der Waals surface area contributed by atoms with E-state index in [0.29, 0.717) is 13.1 Å². The highest BCUT2D eigenvalue weighted by molar-refractivity contribution is 5.87. The van der Waals surface area contributed by atoms with Gasteiger partial charge in [0.25, 0.3) is 5.56 Å². The Morgan fingerprint density at radius 3 is 2.56 bits per heavy atom. The lowest BCUT2D eigenvalue weighted by atomic mass is 10.2. The van der Waals surface area contributed by atoms with Crippen LogP contribution >= 0.6 is 0 Å². The van der Waals surface area contributed by atoms with Gasteiger partial charge in [0.1, 0.15) is 5.56 Å². The molecule has 1 aromatic rings. The molecule has 0 bridgehead atoms. The molecule has 88 valence electrons. The third-order valence-electron chi connectivity index (χ3n) is 2.39. The smallest absolute Gasteiger partial charge is 0.341 e. The molecule has 0 aliphatic carbocycles. The van der Waals surface area contributed by atoms with Crippen molar-refractivity contribution in [3.8, 4) is 0 Å². The van der Waals surface area contributed by atoms with Gasteiger partial charge in [0.2, 0.25) is 0 Å². The largest absolute Gasteiger partial charge is 0.477 e. The van der Waals surface area contributed by atoms with Gasteiger partial charge >= 0.3 is 5.97 Å². The Hall–Kier alpha value is -1.62. The summed E-state index contributed by atoms with van der Waals surface area (Å²) in [6.45, 7) is 2.99. The molecular formula is C11H16N2O3. The second kappa shape index (κ2) is 4.94. The van der Waals surface area contributed by atoms with Gasteiger partial charge < -0.3 is 14.6 Å². The lowest BCUT2D eigenvalue weighted by molar-refractivity contribution is 0.0694. The molecule has 0 fully saturated rings. The molecule has 0 atom stereocenters. The second-order valence-electron chi connectivity index (χ2n) is 3.95. The second-order valence-corrected chi connectivity index (χ2v) is 3.95. The third-order valence-corrected chi connectivity index (χ3v) is 2.39. The summed E-state index contributed by atoms with van der Waals surface area (Å²) in [5.41, 5.74) is 0.163. The number of aryl methyl sites for hydroxylation is 1. The molecule has 0 saturated heterocycles. The van der Waals surface area contributed by atoms with E-state index < -0.39 is 11.5 Å². The third kappa shape index (κ3) is 2.70. The number of carbonyl (C=O) groups is 1. The topological polar surface area (TPSA) is 62.5 Å². The Balaban J connectivity index is 3.12. The van der Waals surface area contributed by atoms with Crippen LogP contribution in [-0.2, 0) is 6.54 Å². The zero-order chi connectivity index (χ0) is 12.3. The Bertz CT molecular complexity index is 449. The predicted octanol–water partition coefficient (Wildman–Crippen LogP) is 0.417. The summed E-state index contributed by atoms with van der Waals surface area (Å²) < 4.78 is 1.49. The van der Waals surface area contributed by atoms with Crippen LogP contribution in [0.2, 0.25) is 0 Å². The van der Waals surface area contributed by atoms with E-state index in [-0.39, 0.29) is 5.56 Å². The number of rotatable bonds is 4. The SMILES string of the molecule is Cc1ccc(C(=O)O)c(=O)n1CCN(C)C. The van der Waals surface area contributed by atoms with Crippen LogP contribution < -0.4 is 5.56 Å². The van der Waals surface area contributed by atoms with E-state index in [1.54, 1.807) is 13.0 Å². The molecule has 0 amide bonds. The van der Waals surface area contributed by atoms with Crippen LogP contribution in [0.1, 0.15) is 16.1 Å². The van der Waals surface area contributed by atoms with Gasteiger partial charge in [0, 0.05) is 18.8 Å². The fourth-order valence-electron chi connectivity index (χ4n) is 1.41. The van der Waals surface area contributed by atoms with Gasteiger partial charge in [0.15, 0.2) is 0 Å². The van der Waals surface area contributed by atoms with Gasteiger partial charge in [-0.1, -0.05) is 0 Å². The number of likely N-dealkylation sites (N-methyl/N-ethyl adjacent to an activating group) is 1. The van der Waals surface area contributed by atoms with Crippen LogP contribution in [0, 0.1) is 6.92 Å². The van der Waals surface area contributed by atoms with Crippen molar-refractivity contribution in [2.24, 2.45) is 0 Å². The fraction of sp³-hybridized carbons (Fsp3) is 0.455. The molecular weight excluding hydrogens is 208 g/mol. The summed E-state index contributed by atoms with van der Waals surface area (Å²) in [7, 11) is 3.81.